The van der Waals surface area contributed by atoms with Crippen LogP contribution in [0.15, 0.2) is 30.3 Å². The number of carbonyl (C=O) groups is 2. The Hall–Kier alpha value is -1.88. The molecule has 2 fully saturated rings. The lowest BCUT2D eigenvalue weighted by Gasteiger charge is -2.39. The van der Waals surface area contributed by atoms with E-state index in [-0.39, 0.29) is 11.8 Å². The van der Waals surface area contributed by atoms with E-state index in [1.165, 1.54) is 0 Å². The van der Waals surface area contributed by atoms with Crippen LogP contribution in [0.5, 0.6) is 0 Å². The van der Waals surface area contributed by atoms with E-state index < -0.39 is 5.41 Å². The zero-order valence-corrected chi connectivity index (χ0v) is 14.3. The SMILES string of the molecule is CCOC[C@@H]1CCN(C(=O)[C@@]2(c3ccccc3)CCC(=O)NC2)C1. The average molecular weight is 330 g/mol. The average Bonchev–Trinajstić information content (AvgIpc) is 3.10. The summed E-state index contributed by atoms with van der Waals surface area (Å²) in [6.45, 7) is 5.34. The van der Waals surface area contributed by atoms with E-state index in [4.69, 9.17) is 4.74 Å². The molecule has 0 radical (unpaired) electrons. The van der Waals surface area contributed by atoms with E-state index in [9.17, 15) is 9.59 Å². The second-order valence-electron chi connectivity index (χ2n) is 6.79. The monoisotopic (exact) mass is 330 g/mol. The summed E-state index contributed by atoms with van der Waals surface area (Å²) in [5, 5.41) is 2.91. The van der Waals surface area contributed by atoms with Gasteiger partial charge in [0.2, 0.25) is 11.8 Å². The minimum absolute atomic E-state index is 0.0324. The third kappa shape index (κ3) is 3.31. The second kappa shape index (κ2) is 7.34. The highest BCUT2D eigenvalue weighted by atomic mass is 16.5. The number of nitrogens with one attached hydrogen (secondary N) is 1. The Morgan fingerprint density at radius 3 is 2.83 bits per heavy atom. The number of hydrogen-bond acceptors (Lipinski definition) is 3. The molecule has 1 N–H and O–H groups in total. The number of nitrogens with zero attached hydrogens (tertiary/aromatic N) is 1. The van der Waals surface area contributed by atoms with Crippen LogP contribution in [-0.4, -0.2) is 49.6 Å². The van der Waals surface area contributed by atoms with Crippen molar-refractivity contribution in [3.05, 3.63) is 35.9 Å². The van der Waals surface area contributed by atoms with E-state index in [0.717, 1.165) is 31.7 Å². The van der Waals surface area contributed by atoms with Gasteiger partial charge >= 0.3 is 0 Å². The van der Waals surface area contributed by atoms with E-state index in [1.807, 2.05) is 42.2 Å². The highest BCUT2D eigenvalue weighted by Gasteiger charge is 2.46. The summed E-state index contributed by atoms with van der Waals surface area (Å²) < 4.78 is 5.52. The first-order valence-electron chi connectivity index (χ1n) is 8.85. The van der Waals surface area contributed by atoms with Crippen LogP contribution in [0.25, 0.3) is 0 Å². The van der Waals surface area contributed by atoms with Crippen molar-refractivity contribution in [1.82, 2.24) is 10.2 Å². The van der Waals surface area contributed by atoms with Crippen LogP contribution in [-0.2, 0) is 19.7 Å². The van der Waals surface area contributed by atoms with Crippen molar-refractivity contribution in [2.45, 2.75) is 31.6 Å². The molecule has 1 aromatic rings. The standard InChI is InChI=1S/C19H26N2O3/c1-2-24-13-15-9-11-21(12-15)18(23)19(10-8-17(22)20-14-19)16-6-4-3-5-7-16/h3-7,15H,2,8-14H2,1H3,(H,20,22)/t15-,19+/m1/s1. The van der Waals surface area contributed by atoms with E-state index in [0.29, 0.717) is 31.9 Å². The van der Waals surface area contributed by atoms with Crippen molar-refractivity contribution in [3.8, 4) is 0 Å². The molecule has 0 aliphatic carbocycles. The molecule has 0 spiro atoms. The largest absolute Gasteiger partial charge is 0.381 e. The fourth-order valence-corrected chi connectivity index (χ4v) is 3.80. The number of carbonyl (C=O) groups excluding carboxylic acids is 2. The highest BCUT2D eigenvalue weighted by Crippen LogP contribution is 2.35. The van der Waals surface area contributed by atoms with Crippen LogP contribution in [0.4, 0.5) is 0 Å². The zero-order valence-electron chi connectivity index (χ0n) is 14.3. The first-order valence-corrected chi connectivity index (χ1v) is 8.85. The Kier molecular flexibility index (Phi) is 5.19. The summed E-state index contributed by atoms with van der Waals surface area (Å²) in [6, 6.07) is 9.88. The van der Waals surface area contributed by atoms with Crippen molar-refractivity contribution >= 4 is 11.8 Å². The Morgan fingerprint density at radius 2 is 2.17 bits per heavy atom. The van der Waals surface area contributed by atoms with Crippen LogP contribution in [0.3, 0.4) is 0 Å². The number of hydrogen-bond donors (Lipinski definition) is 1. The molecule has 0 unspecified atom stereocenters. The Labute approximate surface area is 143 Å². The first kappa shape index (κ1) is 17.0. The van der Waals surface area contributed by atoms with Crippen LogP contribution >= 0.6 is 0 Å². The molecule has 2 amide bonds. The molecule has 2 aliphatic rings. The molecule has 3 rings (SSSR count). The molecular weight excluding hydrogens is 304 g/mol. The molecule has 2 heterocycles. The summed E-state index contributed by atoms with van der Waals surface area (Å²) in [4.78, 5) is 27.0. The summed E-state index contributed by atoms with van der Waals surface area (Å²) >= 11 is 0. The van der Waals surface area contributed by atoms with Gasteiger partial charge in [-0.2, -0.15) is 0 Å². The number of piperidine rings is 1. The minimum Gasteiger partial charge on any atom is -0.381 e. The van der Waals surface area contributed by atoms with Gasteiger partial charge in [0, 0.05) is 38.6 Å². The van der Waals surface area contributed by atoms with Crippen molar-refractivity contribution < 1.29 is 14.3 Å². The zero-order chi connectivity index (χ0) is 17.0. The summed E-state index contributed by atoms with van der Waals surface area (Å²) in [5.41, 5.74) is 0.374. The van der Waals surface area contributed by atoms with Gasteiger partial charge in [-0.15, -0.1) is 0 Å². The number of rotatable bonds is 5. The number of likely N-dealkylation sites (tertiary alicyclic amines) is 1. The molecule has 5 nitrogen and oxygen atoms in total. The normalized spacial score (nSPS) is 27.1. The first-order chi connectivity index (χ1) is 11.7. The van der Waals surface area contributed by atoms with Gasteiger partial charge in [-0.25, -0.2) is 0 Å². The van der Waals surface area contributed by atoms with Gasteiger partial charge < -0.3 is 15.0 Å². The third-order valence-electron chi connectivity index (χ3n) is 5.23. The Morgan fingerprint density at radius 1 is 1.38 bits per heavy atom. The predicted octanol–water partition coefficient (Wildman–Crippen LogP) is 1.72. The van der Waals surface area contributed by atoms with Gasteiger partial charge in [0.05, 0.1) is 12.0 Å². The van der Waals surface area contributed by atoms with Crippen molar-refractivity contribution in [1.29, 1.82) is 0 Å². The summed E-state index contributed by atoms with van der Waals surface area (Å²) in [6.07, 6.45) is 1.97. The van der Waals surface area contributed by atoms with Gasteiger partial charge in [-0.1, -0.05) is 30.3 Å². The molecule has 24 heavy (non-hydrogen) atoms. The highest BCUT2D eigenvalue weighted by molar-refractivity contribution is 5.91. The molecule has 0 saturated carbocycles. The van der Waals surface area contributed by atoms with E-state index in [1.54, 1.807) is 0 Å². The second-order valence-corrected chi connectivity index (χ2v) is 6.79. The third-order valence-corrected chi connectivity index (χ3v) is 5.23. The van der Waals surface area contributed by atoms with Crippen LogP contribution < -0.4 is 5.32 Å². The van der Waals surface area contributed by atoms with Crippen molar-refractivity contribution in [2.24, 2.45) is 5.92 Å². The fourth-order valence-electron chi connectivity index (χ4n) is 3.80. The van der Waals surface area contributed by atoms with Crippen LogP contribution in [0.2, 0.25) is 0 Å². The molecule has 1 aromatic carbocycles. The van der Waals surface area contributed by atoms with Gasteiger partial charge in [0.25, 0.3) is 0 Å². The van der Waals surface area contributed by atoms with E-state index in [2.05, 4.69) is 5.32 Å². The minimum atomic E-state index is -0.629. The molecular formula is C19H26N2O3. The van der Waals surface area contributed by atoms with Crippen LogP contribution in [0, 0.1) is 5.92 Å². The van der Waals surface area contributed by atoms with E-state index >= 15 is 0 Å². The van der Waals surface area contributed by atoms with Gasteiger partial charge in [-0.05, 0) is 25.3 Å². The lowest BCUT2D eigenvalue weighted by molar-refractivity contribution is -0.139. The number of benzene rings is 1. The summed E-state index contributed by atoms with van der Waals surface area (Å²) in [5.74, 6) is 0.595. The lowest BCUT2D eigenvalue weighted by Crippen LogP contribution is -2.55. The van der Waals surface area contributed by atoms with Crippen molar-refractivity contribution in [2.75, 3.05) is 32.8 Å². The van der Waals surface area contributed by atoms with Crippen LogP contribution in [0.1, 0.15) is 31.7 Å². The fraction of sp³-hybridized carbons (Fsp3) is 0.579. The number of amides is 2. The molecule has 130 valence electrons. The summed E-state index contributed by atoms with van der Waals surface area (Å²) in [7, 11) is 0. The quantitative estimate of drug-likeness (QED) is 0.894. The Balaban J connectivity index is 1.79. The predicted molar refractivity (Wildman–Crippen MR) is 91.5 cm³/mol. The van der Waals surface area contributed by atoms with Crippen molar-refractivity contribution in [3.63, 3.8) is 0 Å². The molecule has 2 aliphatic heterocycles. The maximum atomic E-state index is 13.4. The van der Waals surface area contributed by atoms with Gasteiger partial charge in [0.1, 0.15) is 0 Å². The molecule has 0 bridgehead atoms. The molecule has 2 atom stereocenters. The molecule has 2 saturated heterocycles. The topological polar surface area (TPSA) is 58.6 Å². The maximum Gasteiger partial charge on any atom is 0.235 e. The number of ether oxygens (including phenoxy) is 1. The smallest absolute Gasteiger partial charge is 0.235 e. The van der Waals surface area contributed by atoms with Gasteiger partial charge in [-0.3, -0.25) is 9.59 Å². The Bertz CT molecular complexity index is 578. The maximum absolute atomic E-state index is 13.4. The molecule has 5 heteroatoms. The van der Waals surface area contributed by atoms with Gasteiger partial charge in [0.15, 0.2) is 0 Å². The molecule has 0 aromatic heterocycles. The lowest BCUT2D eigenvalue weighted by atomic mass is 9.73.